The molecule has 0 atom stereocenters. The molecule has 2 aromatic rings. The topological polar surface area (TPSA) is 22.1 Å². The minimum absolute atomic E-state index is 0.591. The van der Waals surface area contributed by atoms with E-state index in [0.29, 0.717) is 21.3 Å². The van der Waals surface area contributed by atoms with Gasteiger partial charge in [0, 0.05) is 5.69 Å². The van der Waals surface area contributed by atoms with Crippen LogP contribution >= 0.6 is 23.2 Å². The Hall–Kier alpha value is -0.990. The van der Waals surface area contributed by atoms with E-state index in [1.54, 1.807) is 19.2 Å². The number of methoxy groups -OCH3 is 1. The van der Waals surface area contributed by atoms with Crippen LogP contribution in [0.1, 0.15) is 12.6 Å². The monoisotopic (exact) mass is 255 g/mol. The first-order valence-electron chi connectivity index (χ1n) is 4.99. The summed E-state index contributed by atoms with van der Waals surface area (Å²) in [7, 11) is 1.60. The van der Waals surface area contributed by atoms with Gasteiger partial charge in [0.25, 0.3) is 0 Å². The molecule has 4 heteroatoms. The van der Waals surface area contributed by atoms with E-state index >= 15 is 0 Å². The smallest absolute Gasteiger partial charge is 0.129 e. The van der Waals surface area contributed by atoms with Crippen LogP contribution < -0.4 is 4.74 Å². The van der Waals surface area contributed by atoms with Crippen molar-refractivity contribution in [3.05, 3.63) is 33.9 Å². The molecule has 0 aliphatic heterocycles. The van der Waals surface area contributed by atoms with Crippen molar-refractivity contribution in [2.24, 2.45) is 0 Å². The highest BCUT2D eigenvalue weighted by atomic mass is 35.5. The van der Waals surface area contributed by atoms with Gasteiger partial charge in [-0.2, -0.15) is 0 Å². The van der Waals surface area contributed by atoms with Gasteiger partial charge in [0.1, 0.15) is 5.75 Å². The van der Waals surface area contributed by atoms with Crippen LogP contribution in [0.25, 0.3) is 10.9 Å². The standard InChI is InChI=1S/C12H11Cl2NO/c1-3-7-6-9(14)11-10(16-2)5-4-8(13)12(11)15-7/h4-6H,3H2,1-2H3. The van der Waals surface area contributed by atoms with Crippen molar-refractivity contribution in [2.75, 3.05) is 7.11 Å². The summed E-state index contributed by atoms with van der Waals surface area (Å²) in [5, 5.41) is 1.99. The molecular weight excluding hydrogens is 245 g/mol. The Bertz CT molecular complexity index is 540. The van der Waals surface area contributed by atoms with Gasteiger partial charge in [-0.3, -0.25) is 4.98 Å². The Labute approximate surface area is 104 Å². The van der Waals surface area contributed by atoms with Gasteiger partial charge in [0.15, 0.2) is 0 Å². The van der Waals surface area contributed by atoms with Crippen molar-refractivity contribution in [1.82, 2.24) is 4.98 Å². The summed E-state index contributed by atoms with van der Waals surface area (Å²) >= 11 is 12.3. The molecule has 0 N–H and O–H groups in total. The SMILES string of the molecule is CCc1cc(Cl)c2c(OC)ccc(Cl)c2n1. The Balaban J connectivity index is 2.86. The molecule has 1 aromatic heterocycles. The molecule has 2 rings (SSSR count). The zero-order valence-corrected chi connectivity index (χ0v) is 10.6. The molecule has 0 saturated heterocycles. The number of rotatable bonds is 2. The van der Waals surface area contributed by atoms with Gasteiger partial charge in [-0.15, -0.1) is 0 Å². The molecule has 0 amide bonds. The highest BCUT2D eigenvalue weighted by Gasteiger charge is 2.11. The minimum Gasteiger partial charge on any atom is -0.496 e. The molecule has 2 nitrogen and oxygen atoms in total. The van der Waals surface area contributed by atoms with E-state index in [2.05, 4.69) is 4.98 Å². The highest BCUT2D eigenvalue weighted by Crippen LogP contribution is 2.35. The lowest BCUT2D eigenvalue weighted by atomic mass is 10.1. The van der Waals surface area contributed by atoms with E-state index in [1.165, 1.54) is 0 Å². The number of ether oxygens (including phenoxy) is 1. The molecule has 1 heterocycles. The molecule has 0 aliphatic carbocycles. The number of fused-ring (bicyclic) bond motifs is 1. The van der Waals surface area contributed by atoms with Gasteiger partial charge < -0.3 is 4.74 Å². The third-order valence-electron chi connectivity index (χ3n) is 2.46. The van der Waals surface area contributed by atoms with Crippen LogP contribution in [0.2, 0.25) is 10.0 Å². The predicted molar refractivity (Wildman–Crippen MR) is 67.7 cm³/mol. The van der Waals surface area contributed by atoms with Gasteiger partial charge in [-0.25, -0.2) is 0 Å². The fraction of sp³-hybridized carbons (Fsp3) is 0.250. The quantitative estimate of drug-likeness (QED) is 0.806. The summed E-state index contributed by atoms with van der Waals surface area (Å²) in [4.78, 5) is 4.47. The summed E-state index contributed by atoms with van der Waals surface area (Å²) in [5.41, 5.74) is 1.62. The summed E-state index contributed by atoms with van der Waals surface area (Å²) in [6.45, 7) is 2.03. The average Bonchev–Trinajstić information content (AvgIpc) is 2.30. The Morgan fingerprint density at radius 1 is 1.25 bits per heavy atom. The molecule has 0 bridgehead atoms. The number of nitrogens with zero attached hydrogens (tertiary/aromatic N) is 1. The number of pyridine rings is 1. The maximum absolute atomic E-state index is 6.22. The van der Waals surface area contributed by atoms with Crippen molar-refractivity contribution >= 4 is 34.1 Å². The van der Waals surface area contributed by atoms with Crippen molar-refractivity contribution in [2.45, 2.75) is 13.3 Å². The van der Waals surface area contributed by atoms with Crippen molar-refractivity contribution in [1.29, 1.82) is 0 Å². The lowest BCUT2D eigenvalue weighted by Crippen LogP contribution is -1.93. The summed E-state index contributed by atoms with van der Waals surface area (Å²) < 4.78 is 5.25. The number of benzene rings is 1. The minimum atomic E-state index is 0.591. The Kier molecular flexibility index (Phi) is 3.22. The van der Waals surface area contributed by atoms with Crippen LogP contribution in [0.5, 0.6) is 5.75 Å². The second-order valence-electron chi connectivity index (χ2n) is 3.42. The molecule has 0 saturated carbocycles. The van der Waals surface area contributed by atoms with Gasteiger partial charge in [-0.1, -0.05) is 30.1 Å². The first kappa shape index (κ1) is 11.5. The molecule has 1 aromatic carbocycles. The number of halogens is 2. The fourth-order valence-corrected chi connectivity index (χ4v) is 2.14. The largest absolute Gasteiger partial charge is 0.496 e. The Morgan fingerprint density at radius 3 is 2.62 bits per heavy atom. The molecule has 0 fully saturated rings. The molecule has 16 heavy (non-hydrogen) atoms. The van der Waals surface area contributed by atoms with E-state index in [9.17, 15) is 0 Å². The van der Waals surface area contributed by atoms with Crippen LogP contribution in [-0.4, -0.2) is 12.1 Å². The number of aryl methyl sites for hydroxylation is 1. The van der Waals surface area contributed by atoms with Gasteiger partial charge in [-0.05, 0) is 24.6 Å². The maximum Gasteiger partial charge on any atom is 0.129 e. The van der Waals surface area contributed by atoms with E-state index in [1.807, 2.05) is 13.0 Å². The van der Waals surface area contributed by atoms with Crippen LogP contribution in [-0.2, 0) is 6.42 Å². The highest BCUT2D eigenvalue weighted by molar-refractivity contribution is 6.39. The van der Waals surface area contributed by atoms with Crippen LogP contribution in [0.15, 0.2) is 18.2 Å². The summed E-state index contributed by atoms with van der Waals surface area (Å²) in [6, 6.07) is 5.41. The lowest BCUT2D eigenvalue weighted by molar-refractivity contribution is 0.420. The number of hydrogen-bond acceptors (Lipinski definition) is 2. The molecule has 0 spiro atoms. The number of aromatic nitrogens is 1. The third kappa shape index (κ3) is 1.83. The van der Waals surface area contributed by atoms with Gasteiger partial charge in [0.05, 0.1) is 28.1 Å². The van der Waals surface area contributed by atoms with Crippen LogP contribution in [0, 0.1) is 0 Å². The zero-order chi connectivity index (χ0) is 11.7. The molecule has 0 radical (unpaired) electrons. The van der Waals surface area contributed by atoms with Crippen molar-refractivity contribution in [3.8, 4) is 5.75 Å². The number of hydrogen-bond donors (Lipinski definition) is 0. The van der Waals surface area contributed by atoms with Crippen LogP contribution in [0.4, 0.5) is 0 Å². The van der Waals surface area contributed by atoms with Crippen molar-refractivity contribution < 1.29 is 4.74 Å². The normalized spacial score (nSPS) is 10.8. The molecule has 84 valence electrons. The zero-order valence-electron chi connectivity index (χ0n) is 9.05. The average molecular weight is 256 g/mol. The second kappa shape index (κ2) is 4.48. The van der Waals surface area contributed by atoms with E-state index in [-0.39, 0.29) is 0 Å². The van der Waals surface area contributed by atoms with Crippen LogP contribution in [0.3, 0.4) is 0 Å². The van der Waals surface area contributed by atoms with Gasteiger partial charge in [0.2, 0.25) is 0 Å². The molecule has 0 aliphatic rings. The molecule has 0 unspecified atom stereocenters. The van der Waals surface area contributed by atoms with Crippen molar-refractivity contribution in [3.63, 3.8) is 0 Å². The third-order valence-corrected chi connectivity index (χ3v) is 3.06. The van der Waals surface area contributed by atoms with E-state index < -0.39 is 0 Å². The van der Waals surface area contributed by atoms with E-state index in [4.69, 9.17) is 27.9 Å². The molecular formula is C12H11Cl2NO. The Morgan fingerprint density at radius 2 is 2.00 bits per heavy atom. The first-order chi connectivity index (χ1) is 7.67. The maximum atomic E-state index is 6.22. The van der Waals surface area contributed by atoms with Gasteiger partial charge >= 0.3 is 0 Å². The second-order valence-corrected chi connectivity index (χ2v) is 4.24. The van der Waals surface area contributed by atoms with E-state index in [0.717, 1.165) is 17.5 Å². The predicted octanol–water partition coefficient (Wildman–Crippen LogP) is 4.11. The summed E-state index contributed by atoms with van der Waals surface area (Å²) in [6.07, 6.45) is 0.823. The first-order valence-corrected chi connectivity index (χ1v) is 5.74. The summed E-state index contributed by atoms with van der Waals surface area (Å²) in [5.74, 6) is 0.694. The fourth-order valence-electron chi connectivity index (χ4n) is 1.63. The lowest BCUT2D eigenvalue weighted by Gasteiger charge is -2.09.